The smallest absolute Gasteiger partial charge is 0.333 e. The Morgan fingerprint density at radius 3 is 1.76 bits per heavy atom. The van der Waals surface area contributed by atoms with Gasteiger partial charge in [-0.25, -0.2) is 4.79 Å². The molecule has 0 saturated carbocycles. The van der Waals surface area contributed by atoms with Gasteiger partial charge in [-0.05, 0) is 40.0 Å². The molecule has 0 N–H and O–H groups in total. The van der Waals surface area contributed by atoms with Crippen molar-refractivity contribution in [3.8, 4) is 0 Å². The fourth-order valence-corrected chi connectivity index (χ4v) is 3.60. The average Bonchev–Trinajstić information content (AvgIpc) is 2.49. The molecule has 25 heavy (non-hydrogen) atoms. The van der Waals surface area contributed by atoms with Gasteiger partial charge in [-0.2, -0.15) is 0 Å². The van der Waals surface area contributed by atoms with E-state index in [1.54, 1.807) is 20.8 Å². The fourth-order valence-electron chi connectivity index (χ4n) is 2.29. The third-order valence-electron chi connectivity index (χ3n) is 3.23. The van der Waals surface area contributed by atoms with Crippen LogP contribution in [0.2, 0.25) is 19.6 Å². The number of carbonyl (C=O) groups excluding carboxylic acids is 3. The van der Waals surface area contributed by atoms with Crippen molar-refractivity contribution in [1.82, 2.24) is 0 Å². The lowest BCUT2D eigenvalue weighted by molar-refractivity contribution is -0.161. The van der Waals surface area contributed by atoms with Crippen LogP contribution >= 0.6 is 0 Å². The molecular weight excluding hydrogens is 340 g/mol. The van der Waals surface area contributed by atoms with Crippen LogP contribution in [0.1, 0.15) is 40.0 Å². The van der Waals surface area contributed by atoms with Gasteiger partial charge in [0.2, 0.25) is 0 Å². The predicted octanol–water partition coefficient (Wildman–Crippen LogP) is 3.27. The molecule has 0 saturated heterocycles. The second-order valence-corrected chi connectivity index (χ2v) is 11.7. The lowest BCUT2D eigenvalue weighted by Gasteiger charge is -2.16. The minimum atomic E-state index is -1.60. The van der Waals surface area contributed by atoms with Crippen molar-refractivity contribution >= 4 is 26.0 Å². The standard InChI is InChI=1S/C18H32O6Si/c1-7-22-16(19)14(13-25(4,5)6)11-10-12-15(17(20)23-8-2)18(21)24-9-3/h13,15H,7-12H2,1-6H3/b14-13+. The number of hydrogen-bond donors (Lipinski definition) is 0. The third-order valence-corrected chi connectivity index (χ3v) is 4.44. The first-order chi connectivity index (χ1) is 11.7. The van der Waals surface area contributed by atoms with Gasteiger partial charge < -0.3 is 14.2 Å². The molecule has 0 unspecified atom stereocenters. The Kier molecular flexibility index (Phi) is 11.1. The summed E-state index contributed by atoms with van der Waals surface area (Å²) in [6.07, 6.45) is 1.23. The highest BCUT2D eigenvalue weighted by Crippen LogP contribution is 2.19. The third kappa shape index (κ3) is 10.1. The van der Waals surface area contributed by atoms with E-state index in [2.05, 4.69) is 19.6 Å². The lowest BCUT2D eigenvalue weighted by atomic mass is 10.00. The molecule has 0 bridgehead atoms. The van der Waals surface area contributed by atoms with Gasteiger partial charge in [0, 0.05) is 5.57 Å². The van der Waals surface area contributed by atoms with Gasteiger partial charge in [0.05, 0.1) is 27.9 Å². The molecule has 7 heteroatoms. The second-order valence-electron chi connectivity index (χ2n) is 6.70. The molecular formula is C18H32O6Si. The first-order valence-electron chi connectivity index (χ1n) is 8.88. The monoisotopic (exact) mass is 372 g/mol. The zero-order chi connectivity index (χ0) is 19.5. The van der Waals surface area contributed by atoms with Crippen LogP contribution in [-0.4, -0.2) is 45.8 Å². The summed E-state index contributed by atoms with van der Waals surface area (Å²) in [6.45, 7) is 12.3. The van der Waals surface area contributed by atoms with Gasteiger partial charge >= 0.3 is 17.9 Å². The van der Waals surface area contributed by atoms with Gasteiger partial charge in [-0.1, -0.05) is 25.3 Å². The van der Waals surface area contributed by atoms with E-state index in [-0.39, 0.29) is 25.6 Å². The summed E-state index contributed by atoms with van der Waals surface area (Å²) < 4.78 is 15.0. The van der Waals surface area contributed by atoms with Crippen LogP contribution in [-0.2, 0) is 28.6 Å². The molecule has 0 fully saturated rings. The van der Waals surface area contributed by atoms with E-state index in [4.69, 9.17) is 14.2 Å². The minimum Gasteiger partial charge on any atom is -0.465 e. The Labute approximate surface area is 151 Å². The van der Waals surface area contributed by atoms with Gasteiger partial charge in [0.15, 0.2) is 5.92 Å². The van der Waals surface area contributed by atoms with E-state index >= 15 is 0 Å². The Morgan fingerprint density at radius 1 is 0.880 bits per heavy atom. The van der Waals surface area contributed by atoms with Gasteiger partial charge in [0.1, 0.15) is 0 Å². The zero-order valence-electron chi connectivity index (χ0n) is 16.3. The van der Waals surface area contributed by atoms with E-state index in [1.165, 1.54) is 0 Å². The van der Waals surface area contributed by atoms with Crippen molar-refractivity contribution < 1.29 is 28.6 Å². The summed E-state index contributed by atoms with van der Waals surface area (Å²) in [5.41, 5.74) is 2.63. The Hall–Kier alpha value is -1.63. The van der Waals surface area contributed by atoms with Crippen molar-refractivity contribution in [2.45, 2.75) is 59.7 Å². The van der Waals surface area contributed by atoms with Crippen LogP contribution < -0.4 is 0 Å². The number of hydrogen-bond acceptors (Lipinski definition) is 6. The number of ether oxygens (including phenoxy) is 3. The zero-order valence-corrected chi connectivity index (χ0v) is 17.3. The summed E-state index contributed by atoms with van der Waals surface area (Å²) in [5, 5.41) is 0. The number of esters is 3. The second kappa shape index (κ2) is 11.8. The van der Waals surface area contributed by atoms with Gasteiger partial charge in [-0.15, -0.1) is 0 Å². The Balaban J connectivity index is 4.99. The SMILES string of the molecule is CCOC(=O)/C(=C/[Si](C)(C)C)CCCC(C(=O)OCC)C(=O)OCC. The predicted molar refractivity (Wildman–Crippen MR) is 98.7 cm³/mol. The summed E-state index contributed by atoms with van der Waals surface area (Å²) in [4.78, 5) is 36.1. The number of carbonyl (C=O) groups is 3. The van der Waals surface area contributed by atoms with E-state index in [1.807, 2.05) is 5.70 Å². The molecule has 0 aliphatic heterocycles. The maximum atomic E-state index is 12.1. The van der Waals surface area contributed by atoms with Crippen molar-refractivity contribution in [1.29, 1.82) is 0 Å². The quantitative estimate of drug-likeness (QED) is 0.182. The van der Waals surface area contributed by atoms with Crippen LogP contribution in [0.15, 0.2) is 11.3 Å². The van der Waals surface area contributed by atoms with Crippen LogP contribution in [0.25, 0.3) is 0 Å². The summed E-state index contributed by atoms with van der Waals surface area (Å²) in [7, 11) is -1.60. The highest BCUT2D eigenvalue weighted by molar-refractivity contribution is 6.81. The molecule has 6 nitrogen and oxygen atoms in total. The lowest BCUT2D eigenvalue weighted by Crippen LogP contribution is -2.28. The summed E-state index contributed by atoms with van der Waals surface area (Å²) in [5.74, 6) is -2.43. The summed E-state index contributed by atoms with van der Waals surface area (Å²) in [6, 6.07) is 0. The van der Waals surface area contributed by atoms with Crippen molar-refractivity contribution in [3.63, 3.8) is 0 Å². The molecule has 0 rings (SSSR count). The van der Waals surface area contributed by atoms with Crippen molar-refractivity contribution in [2.75, 3.05) is 19.8 Å². The molecule has 0 atom stereocenters. The highest BCUT2D eigenvalue weighted by atomic mass is 28.3. The van der Waals surface area contributed by atoms with E-state index < -0.39 is 25.9 Å². The highest BCUT2D eigenvalue weighted by Gasteiger charge is 2.29. The molecule has 0 aromatic carbocycles. The molecule has 0 aliphatic rings. The largest absolute Gasteiger partial charge is 0.465 e. The van der Waals surface area contributed by atoms with Gasteiger partial charge in [0.25, 0.3) is 0 Å². The summed E-state index contributed by atoms with van der Waals surface area (Å²) >= 11 is 0. The number of rotatable bonds is 11. The molecule has 0 aliphatic carbocycles. The Morgan fingerprint density at radius 2 is 1.36 bits per heavy atom. The molecule has 0 radical (unpaired) electrons. The first kappa shape index (κ1) is 23.4. The minimum absolute atomic E-state index is 0.207. The van der Waals surface area contributed by atoms with Crippen molar-refractivity contribution in [3.05, 3.63) is 11.3 Å². The van der Waals surface area contributed by atoms with Crippen LogP contribution in [0.5, 0.6) is 0 Å². The van der Waals surface area contributed by atoms with Crippen molar-refractivity contribution in [2.24, 2.45) is 5.92 Å². The van der Waals surface area contributed by atoms with Gasteiger partial charge in [-0.3, -0.25) is 9.59 Å². The van der Waals surface area contributed by atoms with E-state index in [0.717, 1.165) is 0 Å². The molecule has 144 valence electrons. The van der Waals surface area contributed by atoms with Crippen LogP contribution in [0.4, 0.5) is 0 Å². The first-order valence-corrected chi connectivity index (χ1v) is 12.5. The maximum Gasteiger partial charge on any atom is 0.333 e. The van der Waals surface area contributed by atoms with Crippen LogP contribution in [0.3, 0.4) is 0 Å². The van der Waals surface area contributed by atoms with E-state index in [9.17, 15) is 14.4 Å². The maximum absolute atomic E-state index is 12.1. The molecule has 0 heterocycles. The van der Waals surface area contributed by atoms with E-state index in [0.29, 0.717) is 25.0 Å². The fraction of sp³-hybridized carbons (Fsp3) is 0.722. The molecule has 0 amide bonds. The molecule has 0 aromatic heterocycles. The molecule has 0 spiro atoms. The topological polar surface area (TPSA) is 78.9 Å². The molecule has 0 aromatic rings. The average molecular weight is 373 g/mol. The normalized spacial score (nSPS) is 12.0. The Bertz CT molecular complexity index is 460. The van der Waals surface area contributed by atoms with Crippen LogP contribution in [0, 0.1) is 5.92 Å².